The zero-order chi connectivity index (χ0) is 20.6. The number of benzene rings is 2. The van der Waals surface area contributed by atoms with Gasteiger partial charge in [0, 0.05) is 6.54 Å². The summed E-state index contributed by atoms with van der Waals surface area (Å²) in [5, 5.41) is 2.79. The first-order valence-electron chi connectivity index (χ1n) is 8.98. The highest BCUT2D eigenvalue weighted by Crippen LogP contribution is 2.25. The second kappa shape index (κ2) is 10.1. The Bertz CT molecular complexity index is 853. The summed E-state index contributed by atoms with van der Waals surface area (Å²) in [6.07, 6.45) is 0.784. The van der Waals surface area contributed by atoms with Gasteiger partial charge in [0.05, 0.1) is 17.7 Å². The van der Waals surface area contributed by atoms with Gasteiger partial charge in [-0.25, -0.2) is 8.42 Å². The molecule has 2 aromatic rings. The Morgan fingerprint density at radius 3 is 2.25 bits per heavy atom. The van der Waals surface area contributed by atoms with Crippen LogP contribution in [0.25, 0.3) is 0 Å². The van der Waals surface area contributed by atoms with Crippen molar-refractivity contribution in [3.05, 3.63) is 54.6 Å². The number of methoxy groups -OCH3 is 1. The highest BCUT2D eigenvalue weighted by molar-refractivity contribution is 7.92. The van der Waals surface area contributed by atoms with E-state index in [2.05, 4.69) is 5.32 Å². The van der Waals surface area contributed by atoms with E-state index >= 15 is 0 Å². The molecule has 1 N–H and O–H groups in total. The Hall–Kier alpha value is -2.58. The van der Waals surface area contributed by atoms with Crippen LogP contribution in [0, 0.1) is 0 Å². The maximum absolute atomic E-state index is 13.2. The first-order chi connectivity index (χ1) is 13.3. The zero-order valence-corrected chi connectivity index (χ0v) is 17.3. The van der Waals surface area contributed by atoms with E-state index in [-0.39, 0.29) is 17.3 Å². The number of anilines is 1. The number of carbonyl (C=O) groups is 1. The van der Waals surface area contributed by atoms with Crippen molar-refractivity contribution in [2.24, 2.45) is 0 Å². The van der Waals surface area contributed by atoms with Gasteiger partial charge < -0.3 is 15.0 Å². The zero-order valence-electron chi connectivity index (χ0n) is 16.5. The molecule has 28 heavy (non-hydrogen) atoms. The molecule has 8 heteroatoms. The van der Waals surface area contributed by atoms with Gasteiger partial charge in [0.25, 0.3) is 10.0 Å². The Morgan fingerprint density at radius 1 is 1.04 bits per heavy atom. The van der Waals surface area contributed by atoms with Crippen LogP contribution in [0.5, 0.6) is 5.75 Å². The molecule has 2 aromatic carbocycles. The van der Waals surface area contributed by atoms with Crippen LogP contribution in [0.2, 0.25) is 0 Å². The number of sulfonamides is 1. The number of nitrogens with one attached hydrogen (secondary N) is 1. The normalized spacial score (nSPS) is 11.3. The largest absolute Gasteiger partial charge is 0.497 e. The van der Waals surface area contributed by atoms with E-state index in [9.17, 15) is 13.2 Å². The lowest BCUT2D eigenvalue weighted by atomic mass is 10.3. The molecule has 0 saturated carbocycles. The SMILES string of the molecule is COc1ccc(N(CC(=O)NCCCN(C)C)S(=O)(=O)c2ccccc2)cc1. The average Bonchev–Trinajstić information content (AvgIpc) is 2.70. The smallest absolute Gasteiger partial charge is 0.264 e. The monoisotopic (exact) mass is 405 g/mol. The summed E-state index contributed by atoms with van der Waals surface area (Å²) < 4.78 is 32.5. The van der Waals surface area contributed by atoms with Gasteiger partial charge in [-0.1, -0.05) is 18.2 Å². The molecule has 0 atom stereocenters. The van der Waals surface area contributed by atoms with Crippen molar-refractivity contribution in [2.75, 3.05) is 45.1 Å². The van der Waals surface area contributed by atoms with Crippen molar-refractivity contribution >= 4 is 21.6 Å². The van der Waals surface area contributed by atoms with E-state index in [1.807, 2.05) is 19.0 Å². The summed E-state index contributed by atoms with van der Waals surface area (Å²) in [6.45, 7) is 1.02. The molecule has 2 rings (SSSR count). The third-order valence-corrected chi connectivity index (χ3v) is 5.87. The first kappa shape index (κ1) is 21.7. The molecule has 0 heterocycles. The predicted molar refractivity (Wildman–Crippen MR) is 110 cm³/mol. The fourth-order valence-electron chi connectivity index (χ4n) is 2.59. The lowest BCUT2D eigenvalue weighted by Crippen LogP contribution is -2.41. The van der Waals surface area contributed by atoms with E-state index in [0.29, 0.717) is 18.0 Å². The Kier molecular flexibility index (Phi) is 7.83. The van der Waals surface area contributed by atoms with Gasteiger partial charge in [-0.05, 0) is 63.5 Å². The maximum atomic E-state index is 13.2. The molecule has 152 valence electrons. The second-order valence-corrected chi connectivity index (χ2v) is 8.39. The van der Waals surface area contributed by atoms with Crippen LogP contribution >= 0.6 is 0 Å². The van der Waals surface area contributed by atoms with Crippen LogP contribution < -0.4 is 14.4 Å². The van der Waals surface area contributed by atoms with E-state index in [1.165, 1.54) is 19.2 Å². The van der Waals surface area contributed by atoms with Crippen LogP contribution in [-0.4, -0.2) is 60.1 Å². The van der Waals surface area contributed by atoms with Crippen molar-refractivity contribution in [3.63, 3.8) is 0 Å². The van der Waals surface area contributed by atoms with E-state index in [1.54, 1.807) is 42.5 Å². The fourth-order valence-corrected chi connectivity index (χ4v) is 4.03. The Labute approximate surface area is 167 Å². The molecule has 0 unspecified atom stereocenters. The second-order valence-electron chi connectivity index (χ2n) is 6.53. The molecule has 0 fully saturated rings. The molecule has 0 aromatic heterocycles. The summed E-state index contributed by atoms with van der Waals surface area (Å²) in [5.74, 6) is 0.253. The number of hydrogen-bond acceptors (Lipinski definition) is 5. The number of nitrogens with zero attached hydrogens (tertiary/aromatic N) is 2. The minimum atomic E-state index is -3.89. The summed E-state index contributed by atoms with van der Waals surface area (Å²) in [5.41, 5.74) is 0.396. The van der Waals surface area contributed by atoms with Crippen molar-refractivity contribution in [1.82, 2.24) is 10.2 Å². The van der Waals surface area contributed by atoms with Gasteiger partial charge >= 0.3 is 0 Å². The molecule has 0 radical (unpaired) electrons. The summed E-state index contributed by atoms with van der Waals surface area (Å²) in [6, 6.07) is 14.7. The van der Waals surface area contributed by atoms with Crippen molar-refractivity contribution < 1.29 is 17.9 Å². The standard InChI is InChI=1S/C20H27N3O4S/c1-22(2)15-7-14-21-20(24)16-23(17-10-12-18(27-3)13-11-17)28(25,26)19-8-5-4-6-9-19/h4-6,8-13H,7,14-16H2,1-3H3,(H,21,24). The minimum absolute atomic E-state index is 0.131. The molecular formula is C20H27N3O4S. The van der Waals surface area contributed by atoms with Gasteiger partial charge in [-0.2, -0.15) is 0 Å². The predicted octanol–water partition coefficient (Wildman–Crippen LogP) is 1.96. The quantitative estimate of drug-likeness (QED) is 0.612. The molecule has 0 bridgehead atoms. The third kappa shape index (κ3) is 5.97. The number of carbonyl (C=O) groups excluding carboxylic acids is 1. The van der Waals surface area contributed by atoms with Crippen LogP contribution in [0.1, 0.15) is 6.42 Å². The highest BCUT2D eigenvalue weighted by atomic mass is 32.2. The first-order valence-corrected chi connectivity index (χ1v) is 10.4. The molecule has 0 spiro atoms. The number of rotatable bonds is 10. The van der Waals surface area contributed by atoms with E-state index in [0.717, 1.165) is 17.3 Å². The molecule has 1 amide bonds. The molecule has 7 nitrogen and oxygen atoms in total. The Balaban J connectivity index is 2.22. The fraction of sp³-hybridized carbons (Fsp3) is 0.350. The molecule has 0 aliphatic heterocycles. The number of hydrogen-bond donors (Lipinski definition) is 1. The Morgan fingerprint density at radius 2 is 1.68 bits per heavy atom. The molecule has 0 aliphatic carbocycles. The van der Waals surface area contributed by atoms with E-state index in [4.69, 9.17) is 4.74 Å². The maximum Gasteiger partial charge on any atom is 0.264 e. The van der Waals surface area contributed by atoms with Crippen molar-refractivity contribution in [2.45, 2.75) is 11.3 Å². The molecule has 0 aliphatic rings. The minimum Gasteiger partial charge on any atom is -0.497 e. The van der Waals surface area contributed by atoms with Crippen LogP contribution in [0.4, 0.5) is 5.69 Å². The molecular weight excluding hydrogens is 378 g/mol. The lowest BCUT2D eigenvalue weighted by Gasteiger charge is -2.24. The van der Waals surface area contributed by atoms with Crippen LogP contribution in [0.15, 0.2) is 59.5 Å². The molecule has 0 saturated heterocycles. The third-order valence-electron chi connectivity index (χ3n) is 4.08. The summed E-state index contributed by atoms with van der Waals surface area (Å²) in [4.78, 5) is 14.6. The van der Waals surface area contributed by atoms with Gasteiger partial charge in [0.1, 0.15) is 12.3 Å². The number of ether oxygens (including phenoxy) is 1. The van der Waals surface area contributed by atoms with Gasteiger partial charge in [-0.3, -0.25) is 9.10 Å². The lowest BCUT2D eigenvalue weighted by molar-refractivity contribution is -0.119. The van der Waals surface area contributed by atoms with Gasteiger partial charge in [0.15, 0.2) is 0 Å². The topological polar surface area (TPSA) is 79.0 Å². The summed E-state index contributed by atoms with van der Waals surface area (Å²) >= 11 is 0. The van der Waals surface area contributed by atoms with Crippen molar-refractivity contribution in [3.8, 4) is 5.75 Å². The van der Waals surface area contributed by atoms with Gasteiger partial charge in [0.2, 0.25) is 5.91 Å². The average molecular weight is 406 g/mol. The van der Waals surface area contributed by atoms with Crippen LogP contribution in [0.3, 0.4) is 0 Å². The van der Waals surface area contributed by atoms with E-state index < -0.39 is 10.0 Å². The number of amides is 1. The van der Waals surface area contributed by atoms with Gasteiger partial charge in [-0.15, -0.1) is 0 Å². The van der Waals surface area contributed by atoms with Crippen molar-refractivity contribution in [1.29, 1.82) is 0 Å². The summed E-state index contributed by atoms with van der Waals surface area (Å²) in [7, 11) is 1.56. The van der Waals surface area contributed by atoms with Crippen LogP contribution in [-0.2, 0) is 14.8 Å². The highest BCUT2D eigenvalue weighted by Gasteiger charge is 2.27.